The van der Waals surface area contributed by atoms with E-state index in [1.807, 2.05) is 22.9 Å². The van der Waals surface area contributed by atoms with Crippen molar-refractivity contribution in [1.82, 2.24) is 4.98 Å². The standard InChI is InChI=1S/C13H15NO2S/c1-2-4-16-12-6-11(7-14-8-12)13(15)10-3-5-17-9-10/h3,5-9,13,15H,2,4H2,1H3. The molecule has 4 heteroatoms. The average Bonchev–Trinajstić information content (AvgIpc) is 2.89. The zero-order chi connectivity index (χ0) is 12.1. The molecule has 2 rings (SSSR count). The molecule has 1 unspecified atom stereocenters. The highest BCUT2D eigenvalue weighted by Crippen LogP contribution is 2.25. The lowest BCUT2D eigenvalue weighted by Gasteiger charge is -2.10. The minimum atomic E-state index is -0.626. The first-order chi connectivity index (χ1) is 8.31. The Hall–Kier alpha value is -1.39. The number of pyridine rings is 1. The van der Waals surface area contributed by atoms with Gasteiger partial charge in [-0.2, -0.15) is 11.3 Å². The van der Waals surface area contributed by atoms with E-state index in [2.05, 4.69) is 11.9 Å². The van der Waals surface area contributed by atoms with Gasteiger partial charge in [-0.1, -0.05) is 6.92 Å². The van der Waals surface area contributed by atoms with E-state index in [0.29, 0.717) is 12.4 Å². The summed E-state index contributed by atoms with van der Waals surface area (Å²) in [5.74, 6) is 0.707. The summed E-state index contributed by atoms with van der Waals surface area (Å²) in [5, 5.41) is 14.0. The second-order valence-electron chi connectivity index (χ2n) is 3.76. The molecule has 0 aliphatic rings. The summed E-state index contributed by atoms with van der Waals surface area (Å²) in [6.45, 7) is 2.72. The highest BCUT2D eigenvalue weighted by atomic mass is 32.1. The van der Waals surface area contributed by atoms with Crippen LogP contribution in [0.3, 0.4) is 0 Å². The first kappa shape index (κ1) is 12.1. The highest BCUT2D eigenvalue weighted by Gasteiger charge is 2.11. The van der Waals surface area contributed by atoms with E-state index in [-0.39, 0.29) is 0 Å². The Balaban J connectivity index is 2.15. The maximum atomic E-state index is 10.1. The average molecular weight is 249 g/mol. The van der Waals surface area contributed by atoms with Gasteiger partial charge in [-0.15, -0.1) is 0 Å². The van der Waals surface area contributed by atoms with Crippen molar-refractivity contribution in [2.75, 3.05) is 6.61 Å². The fourth-order valence-electron chi connectivity index (χ4n) is 1.51. The molecule has 0 spiro atoms. The summed E-state index contributed by atoms with van der Waals surface area (Å²) in [6.07, 6.45) is 3.66. The van der Waals surface area contributed by atoms with E-state index in [4.69, 9.17) is 4.74 Å². The van der Waals surface area contributed by atoms with Gasteiger partial charge in [-0.05, 0) is 34.9 Å². The Morgan fingerprint density at radius 2 is 2.29 bits per heavy atom. The van der Waals surface area contributed by atoms with Gasteiger partial charge < -0.3 is 9.84 Å². The maximum Gasteiger partial charge on any atom is 0.137 e. The SMILES string of the molecule is CCCOc1cncc(C(O)c2ccsc2)c1. The molecule has 90 valence electrons. The largest absolute Gasteiger partial charge is 0.492 e. The van der Waals surface area contributed by atoms with Gasteiger partial charge in [0.25, 0.3) is 0 Å². The van der Waals surface area contributed by atoms with Crippen LogP contribution in [-0.4, -0.2) is 16.7 Å². The zero-order valence-corrected chi connectivity index (χ0v) is 10.5. The lowest BCUT2D eigenvalue weighted by atomic mass is 10.1. The molecule has 0 fully saturated rings. The van der Waals surface area contributed by atoms with Crippen LogP contribution in [0.15, 0.2) is 35.3 Å². The second kappa shape index (κ2) is 5.80. The number of thiophene rings is 1. The van der Waals surface area contributed by atoms with Crippen molar-refractivity contribution < 1.29 is 9.84 Å². The van der Waals surface area contributed by atoms with Crippen molar-refractivity contribution in [2.24, 2.45) is 0 Å². The number of rotatable bonds is 5. The minimum absolute atomic E-state index is 0.626. The first-order valence-electron chi connectivity index (χ1n) is 5.59. The lowest BCUT2D eigenvalue weighted by molar-refractivity contribution is 0.219. The van der Waals surface area contributed by atoms with Gasteiger partial charge in [-0.25, -0.2) is 0 Å². The van der Waals surface area contributed by atoms with E-state index in [0.717, 1.165) is 17.5 Å². The topological polar surface area (TPSA) is 42.4 Å². The normalized spacial score (nSPS) is 12.4. The molecule has 0 radical (unpaired) electrons. The Labute approximate surface area is 105 Å². The molecule has 0 saturated carbocycles. The monoisotopic (exact) mass is 249 g/mol. The first-order valence-corrected chi connectivity index (χ1v) is 6.53. The number of hydrogen-bond acceptors (Lipinski definition) is 4. The van der Waals surface area contributed by atoms with Crippen LogP contribution in [0.1, 0.15) is 30.6 Å². The van der Waals surface area contributed by atoms with E-state index in [1.54, 1.807) is 23.7 Å². The van der Waals surface area contributed by atoms with Crippen LogP contribution >= 0.6 is 11.3 Å². The molecule has 0 aliphatic heterocycles. The Kier molecular flexibility index (Phi) is 4.12. The van der Waals surface area contributed by atoms with Gasteiger partial charge in [0.15, 0.2) is 0 Å². The molecule has 1 atom stereocenters. The van der Waals surface area contributed by atoms with E-state index in [9.17, 15) is 5.11 Å². The third-order valence-electron chi connectivity index (χ3n) is 2.38. The zero-order valence-electron chi connectivity index (χ0n) is 9.67. The van der Waals surface area contributed by atoms with Crippen LogP contribution in [0.5, 0.6) is 5.75 Å². The van der Waals surface area contributed by atoms with Crippen LogP contribution in [0.4, 0.5) is 0 Å². The number of nitrogens with zero attached hydrogens (tertiary/aromatic N) is 1. The number of ether oxygens (including phenoxy) is 1. The number of aromatic nitrogens is 1. The van der Waals surface area contributed by atoms with Crippen molar-refractivity contribution in [3.05, 3.63) is 46.4 Å². The molecule has 2 aromatic rings. The third kappa shape index (κ3) is 3.05. The van der Waals surface area contributed by atoms with Crippen molar-refractivity contribution in [3.8, 4) is 5.75 Å². The smallest absolute Gasteiger partial charge is 0.137 e. The van der Waals surface area contributed by atoms with E-state index in [1.165, 1.54) is 0 Å². The van der Waals surface area contributed by atoms with Gasteiger partial charge in [-0.3, -0.25) is 4.98 Å². The molecule has 0 amide bonds. The van der Waals surface area contributed by atoms with Crippen molar-refractivity contribution in [3.63, 3.8) is 0 Å². The lowest BCUT2D eigenvalue weighted by Crippen LogP contribution is -2.01. The van der Waals surface area contributed by atoms with Crippen LogP contribution < -0.4 is 4.74 Å². The van der Waals surface area contributed by atoms with Crippen LogP contribution in [0.2, 0.25) is 0 Å². The van der Waals surface area contributed by atoms with Crippen LogP contribution in [-0.2, 0) is 0 Å². The quantitative estimate of drug-likeness (QED) is 0.885. The van der Waals surface area contributed by atoms with Gasteiger partial charge >= 0.3 is 0 Å². The Morgan fingerprint density at radius 3 is 3.00 bits per heavy atom. The fourth-order valence-corrected chi connectivity index (χ4v) is 2.19. The number of aliphatic hydroxyl groups excluding tert-OH is 1. The molecule has 0 saturated heterocycles. The summed E-state index contributed by atoms with van der Waals surface area (Å²) in [6, 6.07) is 3.75. The second-order valence-corrected chi connectivity index (χ2v) is 4.54. The maximum absolute atomic E-state index is 10.1. The fraction of sp³-hybridized carbons (Fsp3) is 0.308. The van der Waals surface area contributed by atoms with Crippen molar-refractivity contribution >= 4 is 11.3 Å². The molecule has 17 heavy (non-hydrogen) atoms. The summed E-state index contributed by atoms with van der Waals surface area (Å²) in [4.78, 5) is 4.09. The third-order valence-corrected chi connectivity index (χ3v) is 3.08. The van der Waals surface area contributed by atoms with Crippen molar-refractivity contribution in [2.45, 2.75) is 19.4 Å². The molecule has 1 N–H and O–H groups in total. The molecule has 2 aromatic heterocycles. The molecule has 3 nitrogen and oxygen atoms in total. The summed E-state index contributed by atoms with van der Waals surface area (Å²) in [5.41, 5.74) is 1.65. The molecular formula is C13H15NO2S. The highest BCUT2D eigenvalue weighted by molar-refractivity contribution is 7.07. The van der Waals surface area contributed by atoms with E-state index >= 15 is 0 Å². The van der Waals surface area contributed by atoms with Gasteiger partial charge in [0.05, 0.1) is 12.8 Å². The summed E-state index contributed by atoms with van der Waals surface area (Å²) >= 11 is 1.57. The van der Waals surface area contributed by atoms with Gasteiger partial charge in [0, 0.05) is 11.8 Å². The molecule has 0 aliphatic carbocycles. The molecule has 0 bridgehead atoms. The minimum Gasteiger partial charge on any atom is -0.492 e. The van der Waals surface area contributed by atoms with Gasteiger partial charge in [0.2, 0.25) is 0 Å². The van der Waals surface area contributed by atoms with Crippen LogP contribution in [0, 0.1) is 0 Å². The molecule has 0 aromatic carbocycles. The summed E-state index contributed by atoms with van der Waals surface area (Å²) < 4.78 is 5.49. The van der Waals surface area contributed by atoms with Crippen molar-refractivity contribution in [1.29, 1.82) is 0 Å². The Bertz CT molecular complexity index is 456. The number of aliphatic hydroxyl groups is 1. The number of hydrogen-bond donors (Lipinski definition) is 1. The Morgan fingerprint density at radius 1 is 1.41 bits per heavy atom. The predicted molar refractivity (Wildman–Crippen MR) is 68.4 cm³/mol. The predicted octanol–water partition coefficient (Wildman–Crippen LogP) is 3.01. The molecular weight excluding hydrogens is 234 g/mol. The summed E-state index contributed by atoms with van der Waals surface area (Å²) in [7, 11) is 0. The van der Waals surface area contributed by atoms with Crippen LogP contribution in [0.25, 0.3) is 0 Å². The van der Waals surface area contributed by atoms with E-state index < -0.39 is 6.10 Å². The van der Waals surface area contributed by atoms with Gasteiger partial charge in [0.1, 0.15) is 11.9 Å². The molecule has 2 heterocycles.